The SMILES string of the molecule is COc1cc(NC(=O)Nc2ccc(N)c(C)c2)cc(OC)c1C(C)C. The van der Waals surface area contributed by atoms with Crippen LogP contribution in [0.2, 0.25) is 0 Å². The van der Waals surface area contributed by atoms with Crippen molar-refractivity contribution in [1.29, 1.82) is 0 Å². The second kappa shape index (κ2) is 7.79. The number of amides is 2. The van der Waals surface area contributed by atoms with Gasteiger partial charge in [0.15, 0.2) is 0 Å². The number of nitrogens with two attached hydrogens (primary N) is 1. The van der Waals surface area contributed by atoms with Gasteiger partial charge in [-0.15, -0.1) is 0 Å². The summed E-state index contributed by atoms with van der Waals surface area (Å²) in [6, 6.07) is 8.54. The van der Waals surface area contributed by atoms with Crippen molar-refractivity contribution < 1.29 is 14.3 Å². The lowest BCUT2D eigenvalue weighted by atomic mass is 10.00. The van der Waals surface area contributed by atoms with Crippen molar-refractivity contribution >= 4 is 23.1 Å². The van der Waals surface area contributed by atoms with E-state index in [9.17, 15) is 4.79 Å². The highest BCUT2D eigenvalue weighted by Crippen LogP contribution is 2.38. The van der Waals surface area contributed by atoms with Crippen LogP contribution in [-0.2, 0) is 0 Å². The Morgan fingerprint density at radius 2 is 1.56 bits per heavy atom. The van der Waals surface area contributed by atoms with E-state index in [1.807, 2.05) is 13.0 Å². The molecule has 0 spiro atoms. The van der Waals surface area contributed by atoms with Crippen LogP contribution in [0.3, 0.4) is 0 Å². The molecule has 0 aromatic heterocycles. The van der Waals surface area contributed by atoms with Gasteiger partial charge >= 0.3 is 6.03 Å². The number of hydrogen-bond donors (Lipinski definition) is 3. The van der Waals surface area contributed by atoms with Crippen LogP contribution in [0.5, 0.6) is 11.5 Å². The lowest BCUT2D eigenvalue weighted by molar-refractivity contribution is 0.262. The van der Waals surface area contributed by atoms with Crippen LogP contribution >= 0.6 is 0 Å². The lowest BCUT2D eigenvalue weighted by Gasteiger charge is -2.18. The van der Waals surface area contributed by atoms with Crippen LogP contribution in [0.25, 0.3) is 0 Å². The second-order valence-electron chi connectivity index (χ2n) is 6.10. The van der Waals surface area contributed by atoms with Crippen LogP contribution in [-0.4, -0.2) is 20.3 Å². The number of rotatable bonds is 5. The third-order valence-electron chi connectivity index (χ3n) is 3.91. The molecule has 0 heterocycles. The van der Waals surface area contributed by atoms with Crippen molar-refractivity contribution in [2.24, 2.45) is 0 Å². The molecule has 0 radical (unpaired) electrons. The van der Waals surface area contributed by atoms with Gasteiger partial charge in [0.25, 0.3) is 0 Å². The first-order valence-corrected chi connectivity index (χ1v) is 8.05. The minimum Gasteiger partial charge on any atom is -0.496 e. The van der Waals surface area contributed by atoms with E-state index in [2.05, 4.69) is 24.5 Å². The summed E-state index contributed by atoms with van der Waals surface area (Å²) < 4.78 is 10.9. The molecule has 4 N–H and O–H groups in total. The molecule has 0 unspecified atom stereocenters. The van der Waals surface area contributed by atoms with Gasteiger partial charge < -0.3 is 25.8 Å². The molecule has 0 bridgehead atoms. The van der Waals surface area contributed by atoms with E-state index in [1.54, 1.807) is 38.5 Å². The third kappa shape index (κ3) is 4.35. The van der Waals surface area contributed by atoms with E-state index >= 15 is 0 Å². The van der Waals surface area contributed by atoms with Crippen molar-refractivity contribution in [3.05, 3.63) is 41.5 Å². The number of carbonyl (C=O) groups is 1. The number of hydrogen-bond acceptors (Lipinski definition) is 4. The molecule has 0 saturated heterocycles. The van der Waals surface area contributed by atoms with E-state index in [-0.39, 0.29) is 11.9 Å². The van der Waals surface area contributed by atoms with E-state index in [0.717, 1.165) is 11.1 Å². The Labute approximate surface area is 148 Å². The lowest BCUT2D eigenvalue weighted by Crippen LogP contribution is -2.19. The standard InChI is InChI=1S/C19H25N3O3/c1-11(2)18-16(24-4)9-14(10-17(18)25-5)22-19(23)21-13-6-7-15(20)12(3)8-13/h6-11H,20H2,1-5H3,(H2,21,22,23). The molecule has 0 atom stereocenters. The van der Waals surface area contributed by atoms with Crippen LogP contribution in [0.4, 0.5) is 21.9 Å². The molecule has 2 rings (SSSR count). The maximum absolute atomic E-state index is 12.3. The Kier molecular flexibility index (Phi) is 5.75. The van der Waals surface area contributed by atoms with E-state index in [0.29, 0.717) is 28.6 Å². The minimum atomic E-state index is -0.356. The summed E-state index contributed by atoms with van der Waals surface area (Å²) in [5, 5.41) is 5.58. The molecule has 6 heteroatoms. The van der Waals surface area contributed by atoms with Crippen LogP contribution in [0.15, 0.2) is 30.3 Å². The molecule has 6 nitrogen and oxygen atoms in total. The number of nitrogens with one attached hydrogen (secondary N) is 2. The number of carbonyl (C=O) groups excluding carboxylic acids is 1. The van der Waals surface area contributed by atoms with Gasteiger partial charge in [0.1, 0.15) is 11.5 Å². The molecule has 2 aromatic carbocycles. The first-order valence-electron chi connectivity index (χ1n) is 8.05. The van der Waals surface area contributed by atoms with Gasteiger partial charge in [-0.2, -0.15) is 0 Å². The molecule has 0 aliphatic carbocycles. The Balaban J connectivity index is 2.21. The Morgan fingerprint density at radius 1 is 1.00 bits per heavy atom. The highest BCUT2D eigenvalue weighted by Gasteiger charge is 2.16. The number of benzene rings is 2. The summed E-state index contributed by atoms with van der Waals surface area (Å²) in [6.07, 6.45) is 0. The average Bonchev–Trinajstić information content (AvgIpc) is 2.56. The largest absolute Gasteiger partial charge is 0.496 e. The summed E-state index contributed by atoms with van der Waals surface area (Å²) in [5.41, 5.74) is 9.60. The molecule has 2 amide bonds. The Hall–Kier alpha value is -2.89. The summed E-state index contributed by atoms with van der Waals surface area (Å²) >= 11 is 0. The van der Waals surface area contributed by atoms with Crippen LogP contribution in [0, 0.1) is 6.92 Å². The molecular weight excluding hydrogens is 318 g/mol. The highest BCUT2D eigenvalue weighted by atomic mass is 16.5. The van der Waals surface area contributed by atoms with E-state index in [4.69, 9.17) is 15.2 Å². The number of methoxy groups -OCH3 is 2. The van der Waals surface area contributed by atoms with Crippen LogP contribution in [0.1, 0.15) is 30.9 Å². The molecule has 2 aromatic rings. The number of anilines is 3. The van der Waals surface area contributed by atoms with Crippen molar-refractivity contribution in [3.8, 4) is 11.5 Å². The van der Waals surface area contributed by atoms with Crippen molar-refractivity contribution in [3.63, 3.8) is 0 Å². The summed E-state index contributed by atoms with van der Waals surface area (Å²) in [4.78, 5) is 12.3. The first kappa shape index (κ1) is 18.4. The zero-order valence-electron chi connectivity index (χ0n) is 15.3. The van der Waals surface area contributed by atoms with Gasteiger partial charge in [0, 0.05) is 34.8 Å². The smallest absolute Gasteiger partial charge is 0.323 e. The van der Waals surface area contributed by atoms with Crippen molar-refractivity contribution in [1.82, 2.24) is 0 Å². The average molecular weight is 343 g/mol. The zero-order valence-corrected chi connectivity index (χ0v) is 15.3. The summed E-state index contributed by atoms with van der Waals surface area (Å²) in [5.74, 6) is 1.58. The topological polar surface area (TPSA) is 85.6 Å². The quantitative estimate of drug-likeness (QED) is 0.704. The first-order chi connectivity index (χ1) is 11.8. The van der Waals surface area contributed by atoms with E-state index < -0.39 is 0 Å². The van der Waals surface area contributed by atoms with Gasteiger partial charge in [-0.25, -0.2) is 4.79 Å². The fourth-order valence-electron chi connectivity index (χ4n) is 2.63. The fourth-order valence-corrected chi connectivity index (χ4v) is 2.63. The predicted molar refractivity (Wildman–Crippen MR) is 102 cm³/mol. The zero-order chi connectivity index (χ0) is 18.6. The van der Waals surface area contributed by atoms with Gasteiger partial charge in [-0.05, 0) is 36.6 Å². The number of urea groups is 1. The van der Waals surface area contributed by atoms with Crippen molar-refractivity contribution in [2.45, 2.75) is 26.7 Å². The maximum Gasteiger partial charge on any atom is 0.323 e. The highest BCUT2D eigenvalue weighted by molar-refractivity contribution is 6.00. The Bertz CT molecular complexity index is 747. The number of aryl methyl sites for hydroxylation is 1. The second-order valence-corrected chi connectivity index (χ2v) is 6.10. The van der Waals surface area contributed by atoms with Crippen LogP contribution < -0.4 is 25.8 Å². The fraction of sp³-hybridized carbons (Fsp3) is 0.316. The third-order valence-corrected chi connectivity index (χ3v) is 3.91. The molecule has 0 fully saturated rings. The monoisotopic (exact) mass is 343 g/mol. The van der Waals surface area contributed by atoms with Crippen molar-refractivity contribution in [2.75, 3.05) is 30.6 Å². The number of nitrogen functional groups attached to an aromatic ring is 1. The predicted octanol–water partition coefficient (Wildman–Crippen LogP) is 4.36. The minimum absolute atomic E-state index is 0.227. The summed E-state index contributed by atoms with van der Waals surface area (Å²) in [6.45, 7) is 6.01. The van der Waals surface area contributed by atoms with Gasteiger partial charge in [0.2, 0.25) is 0 Å². The molecule has 0 aliphatic rings. The summed E-state index contributed by atoms with van der Waals surface area (Å²) in [7, 11) is 3.20. The molecule has 0 saturated carbocycles. The molecule has 0 aliphatic heterocycles. The van der Waals surface area contributed by atoms with Gasteiger partial charge in [-0.1, -0.05) is 13.8 Å². The normalized spacial score (nSPS) is 10.5. The molecule has 25 heavy (non-hydrogen) atoms. The van der Waals surface area contributed by atoms with Gasteiger partial charge in [-0.3, -0.25) is 0 Å². The molecule has 134 valence electrons. The molecular formula is C19H25N3O3. The maximum atomic E-state index is 12.3. The van der Waals surface area contributed by atoms with Gasteiger partial charge in [0.05, 0.1) is 14.2 Å². The Morgan fingerprint density at radius 3 is 2.04 bits per heavy atom. The number of ether oxygens (including phenoxy) is 2. The van der Waals surface area contributed by atoms with E-state index in [1.165, 1.54) is 0 Å².